The van der Waals surface area contributed by atoms with Gasteiger partial charge in [0.1, 0.15) is 22.5 Å². The van der Waals surface area contributed by atoms with Gasteiger partial charge in [-0.15, -0.1) is 0 Å². The molecule has 3 aliphatic rings. The number of aliphatic hydroxyl groups is 3. The minimum Gasteiger partial charge on any atom is -0.509 e. The summed E-state index contributed by atoms with van der Waals surface area (Å²) in [7, 11) is 0. The van der Waals surface area contributed by atoms with Crippen molar-refractivity contribution in [3.8, 4) is 0 Å². The first-order chi connectivity index (χ1) is 26.7. The minimum atomic E-state index is -0.745. The molecule has 0 bridgehead atoms. The van der Waals surface area contributed by atoms with E-state index in [2.05, 4.69) is 6.92 Å². The minimum absolute atomic E-state index is 0. The number of imide groups is 3. The van der Waals surface area contributed by atoms with Crippen LogP contribution < -0.4 is 0 Å². The number of ketones is 3. The molecule has 1 unspecified atom stereocenters. The van der Waals surface area contributed by atoms with Crippen molar-refractivity contribution in [2.75, 3.05) is 0 Å². The molecule has 0 aromatic rings. The van der Waals surface area contributed by atoms with Crippen molar-refractivity contribution in [3.63, 3.8) is 0 Å². The molecule has 0 aromatic heterocycles. The van der Waals surface area contributed by atoms with Gasteiger partial charge < -0.3 is 15.3 Å². The maximum Gasteiger partial charge on any atom is 0.272 e. The highest BCUT2D eigenvalue weighted by molar-refractivity contribution is 6.27. The summed E-state index contributed by atoms with van der Waals surface area (Å²) in [6, 6.07) is -0.742. The van der Waals surface area contributed by atoms with Gasteiger partial charge in [-0.2, -0.15) is 0 Å². The zero-order valence-electron chi connectivity index (χ0n) is 34.7. The molecular weight excluding hydrogens is 750 g/mol. The Morgan fingerprint density at radius 1 is 0.672 bits per heavy atom. The zero-order valence-corrected chi connectivity index (χ0v) is 34.7. The third-order valence-corrected chi connectivity index (χ3v) is 8.99. The molecule has 0 aromatic carbocycles. The third-order valence-electron chi connectivity index (χ3n) is 8.99. The van der Waals surface area contributed by atoms with Gasteiger partial charge >= 0.3 is 0 Å². The second-order valence-corrected chi connectivity index (χ2v) is 13.7. The molecule has 3 aliphatic heterocycles. The second-order valence-electron chi connectivity index (χ2n) is 13.7. The first-order valence-electron chi connectivity index (χ1n) is 19.2. The summed E-state index contributed by atoms with van der Waals surface area (Å²) >= 11 is 0. The van der Waals surface area contributed by atoms with Crippen LogP contribution in [0.5, 0.6) is 0 Å². The summed E-state index contributed by atoms with van der Waals surface area (Å²) < 4.78 is 0. The highest BCUT2D eigenvalue weighted by Gasteiger charge is 2.44. The molecule has 0 saturated carbocycles. The average molecular weight is 812 g/mol. The van der Waals surface area contributed by atoms with E-state index in [1.807, 2.05) is 13.8 Å². The summed E-state index contributed by atoms with van der Waals surface area (Å²) in [5.74, 6) is -6.05. The lowest BCUT2D eigenvalue weighted by Gasteiger charge is -2.23. The van der Waals surface area contributed by atoms with E-state index in [4.69, 9.17) is 0 Å². The molecule has 0 saturated heterocycles. The van der Waals surface area contributed by atoms with Gasteiger partial charge in [0.15, 0.2) is 28.9 Å². The third kappa shape index (κ3) is 12.4. The van der Waals surface area contributed by atoms with E-state index in [9.17, 15) is 58.5 Å². The molecular formula is C43H61N3O12. The summed E-state index contributed by atoms with van der Waals surface area (Å²) in [6.45, 7) is 16.0. The normalized spacial score (nSPS) is 18.0. The van der Waals surface area contributed by atoms with Crippen LogP contribution in [-0.2, 0) is 43.2 Å². The van der Waals surface area contributed by atoms with Gasteiger partial charge in [0, 0.05) is 26.7 Å². The van der Waals surface area contributed by atoms with E-state index in [0.717, 1.165) is 34.0 Å². The zero-order chi connectivity index (χ0) is 43.9. The Hall–Kier alpha value is -5.73. The van der Waals surface area contributed by atoms with Gasteiger partial charge in [0.05, 0.1) is 17.4 Å². The highest BCUT2D eigenvalue weighted by atomic mass is 16.3. The topological polar surface area (TPSA) is 224 Å². The lowest BCUT2D eigenvalue weighted by Crippen LogP contribution is -2.41. The van der Waals surface area contributed by atoms with Gasteiger partial charge in [-0.05, 0) is 52.0 Å². The number of aliphatic hydroxyl groups excluding tert-OH is 3. The SMILES string of the molecule is C.C/C=C1\C(O)=C(C(=O)CC)C(=O)N1C(C)=O.C/C=C1\C(O)=C(C(=O)CC)C(=O)N1C(C)=O.CCCCCCC/C=C/C(=O)N1C(=O)C(C(C)=O)=C(O)C1CC(C)C. The summed E-state index contributed by atoms with van der Waals surface area (Å²) in [5, 5.41) is 29.7. The number of Topliss-reactive ketones (excluding diaryl/α,β-unsaturated/α-hetero) is 3. The van der Waals surface area contributed by atoms with Gasteiger partial charge in [0.2, 0.25) is 11.8 Å². The molecule has 15 nitrogen and oxygen atoms in total. The number of carbonyl (C=O) groups is 9. The molecule has 0 spiro atoms. The van der Waals surface area contributed by atoms with Gasteiger partial charge in [0.25, 0.3) is 23.6 Å². The largest absolute Gasteiger partial charge is 0.509 e. The number of nitrogens with zero attached hydrogens (tertiary/aromatic N) is 3. The summed E-state index contributed by atoms with van der Waals surface area (Å²) in [4.78, 5) is 108. The van der Waals surface area contributed by atoms with E-state index in [0.29, 0.717) is 6.42 Å². The predicted molar refractivity (Wildman–Crippen MR) is 217 cm³/mol. The van der Waals surface area contributed by atoms with Crippen LogP contribution in [0.15, 0.2) is 69.7 Å². The van der Waals surface area contributed by atoms with E-state index in [1.165, 1.54) is 58.3 Å². The Kier molecular flexibility index (Phi) is 21.7. The van der Waals surface area contributed by atoms with Crippen LogP contribution in [0.4, 0.5) is 0 Å². The van der Waals surface area contributed by atoms with Crippen LogP contribution in [0.3, 0.4) is 0 Å². The molecule has 1 atom stereocenters. The highest BCUT2D eigenvalue weighted by Crippen LogP contribution is 2.31. The molecule has 3 heterocycles. The fraction of sp³-hybridized carbons (Fsp3) is 0.512. The first-order valence-corrected chi connectivity index (χ1v) is 19.2. The number of amides is 6. The lowest BCUT2D eigenvalue weighted by molar-refractivity contribution is -0.142. The molecule has 15 heteroatoms. The Labute approximate surface area is 341 Å². The molecule has 58 heavy (non-hydrogen) atoms. The van der Waals surface area contributed by atoms with Crippen LogP contribution in [0.25, 0.3) is 0 Å². The Bertz CT molecular complexity index is 1760. The van der Waals surface area contributed by atoms with E-state index in [-0.39, 0.29) is 60.1 Å². The predicted octanol–water partition coefficient (Wildman–Crippen LogP) is 6.86. The summed E-state index contributed by atoms with van der Waals surface area (Å²) in [5.41, 5.74) is -0.702. The van der Waals surface area contributed by atoms with Crippen molar-refractivity contribution < 1.29 is 58.5 Å². The van der Waals surface area contributed by atoms with Gasteiger partial charge in [-0.25, -0.2) is 9.80 Å². The maximum atomic E-state index is 12.5. The summed E-state index contributed by atoms with van der Waals surface area (Å²) in [6.07, 6.45) is 13.2. The van der Waals surface area contributed by atoms with Gasteiger partial charge in [-0.3, -0.25) is 48.1 Å². The smallest absolute Gasteiger partial charge is 0.272 e. The number of hydrogen-bond acceptors (Lipinski definition) is 12. The van der Waals surface area contributed by atoms with E-state index < -0.39 is 70.4 Å². The Morgan fingerprint density at radius 3 is 1.43 bits per heavy atom. The number of hydrogen-bond donors (Lipinski definition) is 3. The van der Waals surface area contributed by atoms with Crippen LogP contribution in [-0.4, -0.2) is 88.9 Å². The average Bonchev–Trinajstić information content (AvgIpc) is 3.67. The molecule has 0 radical (unpaired) electrons. The lowest BCUT2D eigenvalue weighted by atomic mass is 10.0. The number of carbonyl (C=O) groups excluding carboxylic acids is 9. The fourth-order valence-corrected chi connectivity index (χ4v) is 6.16. The van der Waals surface area contributed by atoms with Crippen molar-refractivity contribution in [2.24, 2.45) is 5.92 Å². The number of allylic oxidation sites excluding steroid dienone is 3. The van der Waals surface area contributed by atoms with Crippen molar-refractivity contribution in [2.45, 2.75) is 140 Å². The molecule has 320 valence electrons. The van der Waals surface area contributed by atoms with Crippen LogP contribution >= 0.6 is 0 Å². The van der Waals surface area contributed by atoms with Crippen LogP contribution in [0.2, 0.25) is 0 Å². The van der Waals surface area contributed by atoms with E-state index in [1.54, 1.807) is 33.8 Å². The number of unbranched alkanes of at least 4 members (excludes halogenated alkanes) is 5. The monoisotopic (exact) mass is 811 g/mol. The Morgan fingerprint density at radius 2 is 1.10 bits per heavy atom. The molecule has 0 aliphatic carbocycles. The molecule has 0 fully saturated rings. The first kappa shape index (κ1) is 52.3. The van der Waals surface area contributed by atoms with Crippen molar-refractivity contribution in [3.05, 3.63) is 69.7 Å². The second kappa shape index (κ2) is 24.1. The van der Waals surface area contributed by atoms with E-state index >= 15 is 0 Å². The quantitative estimate of drug-likeness (QED) is 0.0929. The van der Waals surface area contributed by atoms with Crippen molar-refractivity contribution in [1.29, 1.82) is 0 Å². The fourth-order valence-electron chi connectivity index (χ4n) is 6.16. The Balaban J connectivity index is 0.000000866. The van der Waals surface area contributed by atoms with Crippen molar-refractivity contribution in [1.82, 2.24) is 14.7 Å². The molecule has 3 N–H and O–H groups in total. The standard InChI is InChI=1S/C20H31NO4.2C11H13NO4.CH4/c1-5-6-7-8-9-10-11-12-17(23)21-16(13-14(2)3)19(24)18(15(4)22)20(21)25;2*1-4-7-10(15)9(8(14)5-2)11(16)12(7)6(3)13;/h11-12,14,16,24H,5-10,13H2,1-4H3;2*4,15H,5H2,1-3H3;1H4/b12-11+;2*7-4+;. The number of rotatable bonds is 14. The van der Waals surface area contributed by atoms with Crippen LogP contribution in [0, 0.1) is 5.92 Å². The van der Waals surface area contributed by atoms with Crippen LogP contribution in [0.1, 0.15) is 134 Å². The molecule has 3 rings (SSSR count). The van der Waals surface area contributed by atoms with Crippen molar-refractivity contribution >= 4 is 52.8 Å². The maximum absolute atomic E-state index is 12.5. The molecule has 6 amide bonds. The van der Waals surface area contributed by atoms with Gasteiger partial charge in [-0.1, -0.05) is 86.0 Å².